The van der Waals surface area contributed by atoms with Crippen LogP contribution in [0.1, 0.15) is 0 Å². The highest BCUT2D eigenvalue weighted by molar-refractivity contribution is 9.10. The summed E-state index contributed by atoms with van der Waals surface area (Å²) in [5.74, 6) is 0. The molecule has 0 saturated carbocycles. The maximum Gasteiger partial charge on any atom is 0.0719 e. The molecule has 0 aliphatic rings. The lowest BCUT2D eigenvalue weighted by Gasteiger charge is -2.11. The van der Waals surface area contributed by atoms with Gasteiger partial charge in [-0.1, -0.05) is 40.2 Å². The van der Waals surface area contributed by atoms with Gasteiger partial charge in [0.15, 0.2) is 0 Å². The van der Waals surface area contributed by atoms with Crippen LogP contribution in [0.25, 0.3) is 22.4 Å². The molecule has 0 fully saturated rings. The lowest BCUT2D eigenvalue weighted by molar-refractivity contribution is 1.31. The van der Waals surface area contributed by atoms with Crippen LogP contribution in [0.4, 0.5) is 0 Å². The molecule has 0 saturated heterocycles. The van der Waals surface area contributed by atoms with Crippen LogP contribution in [0.15, 0.2) is 71.6 Å². The van der Waals surface area contributed by atoms with Crippen molar-refractivity contribution in [3.8, 4) is 22.4 Å². The van der Waals surface area contributed by atoms with E-state index in [-0.39, 0.29) is 0 Å². The molecule has 0 spiro atoms. The number of benzene rings is 1. The summed E-state index contributed by atoms with van der Waals surface area (Å²) in [7, 11) is 0. The van der Waals surface area contributed by atoms with E-state index in [2.05, 4.69) is 38.0 Å². The average Bonchev–Trinajstić information content (AvgIpc) is 2.49. The number of pyridine rings is 2. The molecule has 2 aromatic heterocycles. The number of hydrogen-bond donors (Lipinski definition) is 0. The third-order valence-electron chi connectivity index (χ3n) is 2.91. The highest BCUT2D eigenvalue weighted by atomic mass is 79.9. The molecular weight excluding hydrogens is 300 g/mol. The van der Waals surface area contributed by atoms with Crippen molar-refractivity contribution >= 4 is 15.9 Å². The summed E-state index contributed by atoms with van der Waals surface area (Å²) in [6, 6.07) is 16.1. The number of hydrogen-bond acceptors (Lipinski definition) is 2. The SMILES string of the molecule is Brc1cccc(-c2cccnc2)c1-c1ccccn1. The molecule has 0 unspecified atom stereocenters. The molecule has 92 valence electrons. The van der Waals surface area contributed by atoms with E-state index in [0.29, 0.717) is 0 Å². The molecule has 0 aliphatic carbocycles. The Labute approximate surface area is 120 Å². The zero-order valence-electron chi connectivity index (χ0n) is 10.1. The largest absolute Gasteiger partial charge is 0.264 e. The molecule has 3 heteroatoms. The second-order valence-electron chi connectivity index (χ2n) is 4.12. The Morgan fingerprint density at radius 1 is 0.842 bits per heavy atom. The molecule has 2 nitrogen and oxygen atoms in total. The van der Waals surface area contributed by atoms with Gasteiger partial charge < -0.3 is 0 Å². The van der Waals surface area contributed by atoms with Crippen molar-refractivity contribution in [1.82, 2.24) is 9.97 Å². The van der Waals surface area contributed by atoms with Crippen molar-refractivity contribution in [2.75, 3.05) is 0 Å². The van der Waals surface area contributed by atoms with Crippen molar-refractivity contribution in [3.05, 3.63) is 71.6 Å². The summed E-state index contributed by atoms with van der Waals surface area (Å²) < 4.78 is 1.03. The van der Waals surface area contributed by atoms with Gasteiger partial charge in [-0.3, -0.25) is 9.97 Å². The van der Waals surface area contributed by atoms with Crippen LogP contribution in [-0.2, 0) is 0 Å². The van der Waals surface area contributed by atoms with Crippen LogP contribution < -0.4 is 0 Å². The van der Waals surface area contributed by atoms with Crippen LogP contribution in [0, 0.1) is 0 Å². The fourth-order valence-electron chi connectivity index (χ4n) is 2.06. The maximum absolute atomic E-state index is 4.45. The van der Waals surface area contributed by atoms with Crippen molar-refractivity contribution in [2.45, 2.75) is 0 Å². The summed E-state index contributed by atoms with van der Waals surface area (Å²) in [4.78, 5) is 8.64. The third kappa shape index (κ3) is 2.42. The maximum atomic E-state index is 4.45. The Balaban J connectivity index is 2.25. The van der Waals surface area contributed by atoms with E-state index in [1.807, 2.05) is 48.8 Å². The van der Waals surface area contributed by atoms with E-state index in [1.54, 1.807) is 6.20 Å². The molecule has 0 aliphatic heterocycles. The van der Waals surface area contributed by atoms with Crippen molar-refractivity contribution in [3.63, 3.8) is 0 Å². The van der Waals surface area contributed by atoms with Gasteiger partial charge in [0.1, 0.15) is 0 Å². The first-order valence-electron chi connectivity index (χ1n) is 5.96. The van der Waals surface area contributed by atoms with E-state index >= 15 is 0 Å². The summed E-state index contributed by atoms with van der Waals surface area (Å²) in [5.41, 5.74) is 4.26. The minimum atomic E-state index is 0.953. The van der Waals surface area contributed by atoms with Gasteiger partial charge in [0, 0.05) is 34.2 Å². The van der Waals surface area contributed by atoms with Gasteiger partial charge >= 0.3 is 0 Å². The van der Waals surface area contributed by atoms with E-state index in [9.17, 15) is 0 Å². The van der Waals surface area contributed by atoms with E-state index < -0.39 is 0 Å². The predicted octanol–water partition coefficient (Wildman–Crippen LogP) is 4.57. The molecule has 0 bridgehead atoms. The molecule has 3 aromatic rings. The summed E-state index contributed by atoms with van der Waals surface area (Å²) >= 11 is 3.62. The fourth-order valence-corrected chi connectivity index (χ4v) is 2.63. The van der Waals surface area contributed by atoms with Gasteiger partial charge in [0.05, 0.1) is 5.69 Å². The summed E-state index contributed by atoms with van der Waals surface area (Å²) in [6.45, 7) is 0. The smallest absolute Gasteiger partial charge is 0.0719 e. The first-order chi connectivity index (χ1) is 9.36. The molecule has 19 heavy (non-hydrogen) atoms. The first-order valence-corrected chi connectivity index (χ1v) is 6.76. The lowest BCUT2D eigenvalue weighted by Crippen LogP contribution is -1.89. The Morgan fingerprint density at radius 2 is 1.79 bits per heavy atom. The molecule has 0 atom stereocenters. The Kier molecular flexibility index (Phi) is 3.38. The standard InChI is InChI=1S/C16H11BrN2/c17-14-7-3-6-13(12-5-4-9-18-11-12)16(14)15-8-1-2-10-19-15/h1-11H. The number of rotatable bonds is 2. The van der Waals surface area contributed by atoms with Gasteiger partial charge in [0.2, 0.25) is 0 Å². The number of halogens is 1. The van der Waals surface area contributed by atoms with Crippen LogP contribution in [0.5, 0.6) is 0 Å². The van der Waals surface area contributed by atoms with Crippen LogP contribution in [0.3, 0.4) is 0 Å². The summed E-state index contributed by atoms with van der Waals surface area (Å²) in [5, 5.41) is 0. The van der Waals surface area contributed by atoms with Crippen LogP contribution in [0.2, 0.25) is 0 Å². The highest BCUT2D eigenvalue weighted by Crippen LogP contribution is 2.36. The molecular formula is C16H11BrN2. The van der Waals surface area contributed by atoms with E-state index in [1.165, 1.54) is 0 Å². The lowest BCUT2D eigenvalue weighted by atomic mass is 9.98. The monoisotopic (exact) mass is 310 g/mol. The van der Waals surface area contributed by atoms with Gasteiger partial charge in [-0.2, -0.15) is 0 Å². The predicted molar refractivity (Wildman–Crippen MR) is 80.6 cm³/mol. The van der Waals surface area contributed by atoms with Crippen LogP contribution >= 0.6 is 15.9 Å². The highest BCUT2D eigenvalue weighted by Gasteiger charge is 2.11. The molecule has 2 heterocycles. The molecule has 0 amide bonds. The van der Waals surface area contributed by atoms with E-state index in [0.717, 1.165) is 26.9 Å². The normalized spacial score (nSPS) is 10.4. The second kappa shape index (κ2) is 5.33. The van der Waals surface area contributed by atoms with Gasteiger partial charge in [-0.05, 0) is 29.8 Å². The van der Waals surface area contributed by atoms with Crippen molar-refractivity contribution < 1.29 is 0 Å². The van der Waals surface area contributed by atoms with Crippen molar-refractivity contribution in [1.29, 1.82) is 0 Å². The Bertz CT molecular complexity index is 682. The van der Waals surface area contributed by atoms with Gasteiger partial charge in [-0.15, -0.1) is 0 Å². The first kappa shape index (κ1) is 12.1. The third-order valence-corrected chi connectivity index (χ3v) is 3.57. The number of nitrogens with zero attached hydrogens (tertiary/aromatic N) is 2. The topological polar surface area (TPSA) is 25.8 Å². The molecule has 0 N–H and O–H groups in total. The summed E-state index contributed by atoms with van der Waals surface area (Å²) in [6.07, 6.45) is 5.46. The van der Waals surface area contributed by atoms with Gasteiger partial charge in [-0.25, -0.2) is 0 Å². The molecule has 3 rings (SSSR count). The molecule has 0 radical (unpaired) electrons. The average molecular weight is 311 g/mol. The minimum absolute atomic E-state index is 0.953. The quantitative estimate of drug-likeness (QED) is 0.692. The van der Waals surface area contributed by atoms with Crippen molar-refractivity contribution in [2.24, 2.45) is 0 Å². The number of aromatic nitrogens is 2. The fraction of sp³-hybridized carbons (Fsp3) is 0. The minimum Gasteiger partial charge on any atom is -0.264 e. The molecule has 1 aromatic carbocycles. The zero-order chi connectivity index (χ0) is 13.1. The zero-order valence-corrected chi connectivity index (χ0v) is 11.7. The Morgan fingerprint density at radius 3 is 2.53 bits per heavy atom. The Hall–Kier alpha value is -2.00. The van der Waals surface area contributed by atoms with Crippen LogP contribution in [-0.4, -0.2) is 9.97 Å². The van der Waals surface area contributed by atoms with Gasteiger partial charge in [0.25, 0.3) is 0 Å². The van der Waals surface area contributed by atoms with E-state index in [4.69, 9.17) is 0 Å². The second-order valence-corrected chi connectivity index (χ2v) is 4.97.